The summed E-state index contributed by atoms with van der Waals surface area (Å²) in [5.74, 6) is 5.76. The van der Waals surface area contributed by atoms with Crippen molar-refractivity contribution in [2.75, 3.05) is 0 Å². The van der Waals surface area contributed by atoms with Crippen molar-refractivity contribution in [2.24, 2.45) is 0 Å². The van der Waals surface area contributed by atoms with Gasteiger partial charge in [0.05, 0.1) is 0 Å². The SMILES string of the molecule is c1ccc(-c2ccc(-c3ccc(C4c5c(ccc6ccccc56)Oc5ccc6ccccc6c54)cc3)c3ccccc23)cc1.c1ccc(-c2cccc3ccc(-c4ccc(C5c6c(ccc7ccccc67)Oc6ccc7ccccc7c65)cc4)cc23)cc1.c1ccc2cc(-c3ccc(C4c5c(ccc6ccccc56)Oc5ccc6ccccc6c54)cc3)ccc2c1. The largest absolute Gasteiger partial charge is 0.457 e. The fourth-order valence-electron chi connectivity index (χ4n) is 20.5. The molecule has 26 rings (SSSR count). The normalized spacial score (nSPS) is 12.7. The molecule has 23 aromatic rings. The Hall–Kier alpha value is -16.2. The van der Waals surface area contributed by atoms with E-state index in [0.29, 0.717) is 0 Å². The topological polar surface area (TPSA) is 27.7 Å². The number of hydrogen-bond donors (Lipinski definition) is 0. The first kappa shape index (κ1) is 73.7. The van der Waals surface area contributed by atoms with E-state index in [2.05, 4.69) is 467 Å². The first-order valence-electron chi connectivity index (χ1n) is 43.6. The highest BCUT2D eigenvalue weighted by molar-refractivity contribution is 6.06. The molecule has 0 amide bonds. The highest BCUT2D eigenvalue weighted by atomic mass is 16.5. The Balaban J connectivity index is 0.000000106. The molecule has 23 aromatic carbocycles. The highest BCUT2D eigenvalue weighted by Gasteiger charge is 2.36. The number of rotatable bonds is 8. The summed E-state index contributed by atoms with van der Waals surface area (Å²) in [5, 5.41) is 22.4. The van der Waals surface area contributed by atoms with Crippen molar-refractivity contribution in [2.45, 2.75) is 17.8 Å². The lowest BCUT2D eigenvalue weighted by Crippen LogP contribution is -2.13. The van der Waals surface area contributed by atoms with Crippen LogP contribution in [0.5, 0.6) is 34.5 Å². The maximum atomic E-state index is 6.63. The molecule has 0 saturated heterocycles. The van der Waals surface area contributed by atoms with Crippen LogP contribution in [0.25, 0.3) is 153 Å². The third kappa shape index (κ3) is 12.9. The van der Waals surface area contributed by atoms with Gasteiger partial charge in [0.15, 0.2) is 0 Å². The zero-order valence-corrected chi connectivity index (χ0v) is 68.9. The number of benzene rings is 23. The summed E-state index contributed by atoms with van der Waals surface area (Å²) in [4.78, 5) is 0. The van der Waals surface area contributed by atoms with E-state index in [1.807, 2.05) is 0 Å². The molecular weight excluding hydrogens is 1530 g/mol. The molecular formula is C123H80O3. The molecule has 0 saturated carbocycles. The Bertz CT molecular complexity index is 7940. The molecule has 126 heavy (non-hydrogen) atoms. The van der Waals surface area contributed by atoms with Gasteiger partial charge in [0, 0.05) is 51.1 Å². The lowest BCUT2D eigenvalue weighted by Gasteiger charge is -2.31. The molecule has 3 aliphatic rings. The van der Waals surface area contributed by atoms with Gasteiger partial charge in [-0.25, -0.2) is 0 Å². The second-order valence-electron chi connectivity index (χ2n) is 33.4. The maximum absolute atomic E-state index is 6.63. The number of fused-ring (bicyclic) bond motifs is 21. The first-order valence-corrected chi connectivity index (χ1v) is 43.6. The van der Waals surface area contributed by atoms with Gasteiger partial charge in [0.2, 0.25) is 0 Å². The third-order valence-corrected chi connectivity index (χ3v) is 26.4. The second kappa shape index (κ2) is 31.0. The van der Waals surface area contributed by atoms with Crippen molar-refractivity contribution in [3.05, 3.63) is 517 Å². The van der Waals surface area contributed by atoms with E-state index >= 15 is 0 Å². The summed E-state index contributed by atoms with van der Waals surface area (Å²) in [7, 11) is 0. The van der Waals surface area contributed by atoms with Crippen molar-refractivity contribution in [1.82, 2.24) is 0 Å². The molecule has 0 unspecified atom stereocenters. The van der Waals surface area contributed by atoms with E-state index in [-0.39, 0.29) is 17.8 Å². The Labute approximate surface area is 731 Å². The maximum Gasteiger partial charge on any atom is 0.132 e. The van der Waals surface area contributed by atoms with Crippen molar-refractivity contribution in [3.8, 4) is 90.1 Å². The van der Waals surface area contributed by atoms with Gasteiger partial charge in [-0.2, -0.15) is 0 Å². The highest BCUT2D eigenvalue weighted by Crippen LogP contribution is 2.57. The second-order valence-corrected chi connectivity index (χ2v) is 33.4. The molecule has 0 bridgehead atoms. The summed E-state index contributed by atoms with van der Waals surface area (Å²) in [5.41, 5.74) is 23.6. The van der Waals surface area contributed by atoms with E-state index in [1.165, 1.54) is 203 Å². The molecule has 3 heterocycles. The molecule has 0 aromatic heterocycles. The van der Waals surface area contributed by atoms with Crippen LogP contribution in [0.2, 0.25) is 0 Å². The summed E-state index contributed by atoms with van der Waals surface area (Å²) in [6.07, 6.45) is 0. The van der Waals surface area contributed by atoms with E-state index in [9.17, 15) is 0 Å². The van der Waals surface area contributed by atoms with Crippen molar-refractivity contribution < 1.29 is 14.2 Å². The molecule has 0 fully saturated rings. The molecule has 590 valence electrons. The van der Waals surface area contributed by atoms with Crippen LogP contribution >= 0.6 is 0 Å². The van der Waals surface area contributed by atoms with E-state index < -0.39 is 0 Å². The summed E-state index contributed by atoms with van der Waals surface area (Å²) in [6.45, 7) is 0. The van der Waals surface area contributed by atoms with Gasteiger partial charge >= 0.3 is 0 Å². The van der Waals surface area contributed by atoms with E-state index in [0.717, 1.165) is 34.5 Å². The van der Waals surface area contributed by atoms with Gasteiger partial charge in [-0.3, -0.25) is 0 Å². The summed E-state index contributed by atoms with van der Waals surface area (Å²) in [6, 6.07) is 169. The van der Waals surface area contributed by atoms with E-state index in [4.69, 9.17) is 14.2 Å². The molecule has 0 N–H and O–H groups in total. The van der Waals surface area contributed by atoms with Crippen LogP contribution in [0, 0.1) is 0 Å². The smallest absolute Gasteiger partial charge is 0.132 e. The standard InChI is InChI=1S/2C43H28O.C37H24O/c1-2-10-28(11-3-1)33-24-25-34(38-17-9-8-16-37(33)38)31-18-20-32(21-19-31)41-42-35-14-6-4-12-29(35)22-26-39(42)44-40-27-23-30-13-5-7-15-36(30)43(40)41;1-2-9-29(10-3-1)35-16-8-13-32-19-22-34(27-38(32)35)28-17-20-33(21-18-28)41-42-36-14-6-4-11-30(36)23-25-39(42)44-40-26-24-31-12-5-7-15-37(31)43(40)41;1-2-10-29-23-30(18-15-24(29)7-1)25-13-16-28(17-14-25)35-36-31-11-5-3-8-26(31)19-21-33(36)38-34-22-20-27-9-4-6-12-32(27)37(34)35/h2*1-27,41H;1-23,35H. The van der Waals surface area contributed by atoms with Gasteiger partial charge in [0.25, 0.3) is 0 Å². The zero-order valence-electron chi connectivity index (χ0n) is 68.9. The Morgan fingerprint density at radius 3 is 0.698 bits per heavy atom. The van der Waals surface area contributed by atoms with Gasteiger partial charge in [-0.05, 0) is 218 Å². The van der Waals surface area contributed by atoms with Gasteiger partial charge in [0.1, 0.15) is 34.5 Å². The van der Waals surface area contributed by atoms with Crippen LogP contribution in [0.1, 0.15) is 67.8 Å². The van der Waals surface area contributed by atoms with Crippen LogP contribution in [0.15, 0.2) is 467 Å². The number of hydrogen-bond acceptors (Lipinski definition) is 3. The molecule has 3 heteroatoms. The Morgan fingerprint density at radius 2 is 0.357 bits per heavy atom. The lowest BCUT2D eigenvalue weighted by atomic mass is 9.78. The number of ether oxygens (including phenoxy) is 3. The van der Waals surface area contributed by atoms with Crippen LogP contribution < -0.4 is 14.2 Å². The lowest BCUT2D eigenvalue weighted by molar-refractivity contribution is 0.456. The van der Waals surface area contributed by atoms with Gasteiger partial charge < -0.3 is 14.2 Å². The predicted octanol–water partition coefficient (Wildman–Crippen LogP) is 33.6. The van der Waals surface area contributed by atoms with Crippen molar-refractivity contribution in [1.29, 1.82) is 0 Å². The molecule has 0 atom stereocenters. The minimum Gasteiger partial charge on any atom is -0.457 e. The molecule has 0 spiro atoms. The minimum atomic E-state index is 0.0391. The van der Waals surface area contributed by atoms with Crippen LogP contribution in [0.3, 0.4) is 0 Å². The quantitative estimate of drug-likeness (QED) is 0.152. The third-order valence-electron chi connectivity index (χ3n) is 26.4. The summed E-state index contributed by atoms with van der Waals surface area (Å²) >= 11 is 0. The molecule has 3 nitrogen and oxygen atoms in total. The van der Waals surface area contributed by atoms with Crippen molar-refractivity contribution in [3.63, 3.8) is 0 Å². The minimum absolute atomic E-state index is 0.0391. The Morgan fingerprint density at radius 1 is 0.127 bits per heavy atom. The first-order chi connectivity index (χ1) is 62.5. The fourth-order valence-corrected chi connectivity index (χ4v) is 20.5. The molecule has 3 aliphatic heterocycles. The molecule has 0 aliphatic carbocycles. The monoisotopic (exact) mass is 1600 g/mol. The van der Waals surface area contributed by atoms with E-state index in [1.54, 1.807) is 0 Å². The van der Waals surface area contributed by atoms with Gasteiger partial charge in [-0.15, -0.1) is 0 Å². The zero-order chi connectivity index (χ0) is 83.1. The van der Waals surface area contributed by atoms with Crippen molar-refractivity contribution >= 4 is 97.0 Å². The average Bonchev–Trinajstić information content (AvgIpc) is 0.733. The fraction of sp³-hybridized carbons (Fsp3) is 0.0244. The van der Waals surface area contributed by atoms with Crippen LogP contribution in [-0.2, 0) is 0 Å². The Kier molecular flexibility index (Phi) is 18.2. The molecule has 0 radical (unpaired) electrons. The summed E-state index contributed by atoms with van der Waals surface area (Å²) < 4.78 is 19.8. The average molecular weight is 1610 g/mol. The van der Waals surface area contributed by atoms with Gasteiger partial charge in [-0.1, -0.05) is 419 Å². The predicted molar refractivity (Wildman–Crippen MR) is 526 cm³/mol. The van der Waals surface area contributed by atoms with Crippen LogP contribution in [0.4, 0.5) is 0 Å². The van der Waals surface area contributed by atoms with Crippen LogP contribution in [-0.4, -0.2) is 0 Å².